The Labute approximate surface area is 136 Å². The number of hydrogen-bond acceptors (Lipinski definition) is 2. The molecule has 0 saturated carbocycles. The van der Waals surface area contributed by atoms with Gasteiger partial charge in [-0.25, -0.2) is 4.79 Å². The van der Waals surface area contributed by atoms with E-state index in [4.69, 9.17) is 0 Å². The number of piperazine rings is 1. The number of amides is 2. The van der Waals surface area contributed by atoms with Crippen molar-refractivity contribution in [3.63, 3.8) is 0 Å². The van der Waals surface area contributed by atoms with Gasteiger partial charge in [-0.05, 0) is 29.7 Å². The number of nitrogens with one attached hydrogen (secondary N) is 1. The van der Waals surface area contributed by atoms with Crippen molar-refractivity contribution in [2.75, 3.05) is 31.5 Å². The van der Waals surface area contributed by atoms with Crippen LogP contribution in [0.1, 0.15) is 17.2 Å². The van der Waals surface area contributed by atoms with E-state index >= 15 is 0 Å². The summed E-state index contributed by atoms with van der Waals surface area (Å²) < 4.78 is 0. The van der Waals surface area contributed by atoms with Crippen LogP contribution in [0.15, 0.2) is 54.6 Å². The third-order valence-electron chi connectivity index (χ3n) is 4.89. The Balaban J connectivity index is 1.50. The molecule has 0 aromatic heterocycles. The minimum absolute atomic E-state index is 0.00101. The lowest BCUT2D eigenvalue weighted by molar-refractivity contribution is 0.0872. The largest absolute Gasteiger partial charge is 0.321 e. The SMILES string of the molecule is O=C(Nc1ccccc1)N1CCN2CCc3ccccc3C2C1. The first-order valence-electron chi connectivity index (χ1n) is 8.24. The van der Waals surface area contributed by atoms with Gasteiger partial charge in [0.25, 0.3) is 0 Å². The number of nitrogens with zero attached hydrogens (tertiary/aromatic N) is 2. The van der Waals surface area contributed by atoms with Gasteiger partial charge in [-0.3, -0.25) is 4.90 Å². The van der Waals surface area contributed by atoms with Gasteiger partial charge in [0.15, 0.2) is 0 Å². The summed E-state index contributed by atoms with van der Waals surface area (Å²) in [5.74, 6) is 0. The minimum Gasteiger partial charge on any atom is -0.321 e. The molecule has 2 heterocycles. The summed E-state index contributed by atoms with van der Waals surface area (Å²) >= 11 is 0. The predicted molar refractivity (Wildman–Crippen MR) is 91.5 cm³/mol. The average molecular weight is 307 g/mol. The molecule has 1 N–H and O–H groups in total. The van der Waals surface area contributed by atoms with Gasteiger partial charge in [-0.1, -0.05) is 42.5 Å². The van der Waals surface area contributed by atoms with E-state index in [1.54, 1.807) is 0 Å². The molecule has 0 bridgehead atoms. The maximum absolute atomic E-state index is 12.6. The molecule has 118 valence electrons. The molecule has 2 aliphatic rings. The van der Waals surface area contributed by atoms with Crippen LogP contribution < -0.4 is 5.32 Å². The second kappa shape index (κ2) is 6.05. The summed E-state index contributed by atoms with van der Waals surface area (Å²) in [7, 11) is 0. The fourth-order valence-corrected chi connectivity index (χ4v) is 3.64. The Hall–Kier alpha value is -2.33. The molecule has 23 heavy (non-hydrogen) atoms. The van der Waals surface area contributed by atoms with Crippen LogP contribution in [0.3, 0.4) is 0 Å². The second-order valence-corrected chi connectivity index (χ2v) is 6.24. The van der Waals surface area contributed by atoms with Crippen LogP contribution in [0.5, 0.6) is 0 Å². The Morgan fingerprint density at radius 2 is 1.74 bits per heavy atom. The Kier molecular flexibility index (Phi) is 3.75. The first kappa shape index (κ1) is 14.3. The molecule has 0 radical (unpaired) electrons. The Morgan fingerprint density at radius 3 is 2.61 bits per heavy atom. The zero-order valence-corrected chi connectivity index (χ0v) is 13.1. The molecular formula is C19H21N3O. The van der Waals surface area contributed by atoms with Gasteiger partial charge < -0.3 is 10.2 Å². The minimum atomic E-state index is -0.00101. The molecule has 0 aliphatic carbocycles. The quantitative estimate of drug-likeness (QED) is 0.878. The summed E-state index contributed by atoms with van der Waals surface area (Å²) in [5, 5.41) is 3.00. The number of hydrogen-bond donors (Lipinski definition) is 1. The van der Waals surface area contributed by atoms with Crippen molar-refractivity contribution in [2.24, 2.45) is 0 Å². The van der Waals surface area contributed by atoms with Gasteiger partial charge >= 0.3 is 6.03 Å². The van der Waals surface area contributed by atoms with Crippen LogP contribution in [0.2, 0.25) is 0 Å². The van der Waals surface area contributed by atoms with E-state index in [0.29, 0.717) is 6.04 Å². The highest BCUT2D eigenvalue weighted by Gasteiger charge is 2.33. The molecule has 2 amide bonds. The number of benzene rings is 2. The fraction of sp³-hybridized carbons (Fsp3) is 0.316. The van der Waals surface area contributed by atoms with E-state index in [2.05, 4.69) is 34.5 Å². The lowest BCUT2D eigenvalue weighted by atomic mass is 9.91. The van der Waals surface area contributed by atoms with E-state index < -0.39 is 0 Å². The molecule has 1 unspecified atom stereocenters. The highest BCUT2D eigenvalue weighted by molar-refractivity contribution is 5.89. The number of urea groups is 1. The number of anilines is 1. The van der Waals surface area contributed by atoms with E-state index in [-0.39, 0.29) is 6.03 Å². The van der Waals surface area contributed by atoms with Gasteiger partial charge in [-0.2, -0.15) is 0 Å². The number of carbonyl (C=O) groups excluding carboxylic acids is 1. The van der Waals surface area contributed by atoms with Crippen LogP contribution in [0.25, 0.3) is 0 Å². The van der Waals surface area contributed by atoms with E-state index in [9.17, 15) is 4.79 Å². The molecule has 1 fully saturated rings. The van der Waals surface area contributed by atoms with Crippen molar-refractivity contribution >= 4 is 11.7 Å². The molecule has 4 nitrogen and oxygen atoms in total. The molecule has 1 atom stereocenters. The number of para-hydroxylation sites is 1. The van der Waals surface area contributed by atoms with E-state index in [1.165, 1.54) is 11.1 Å². The van der Waals surface area contributed by atoms with E-state index in [0.717, 1.165) is 38.3 Å². The Morgan fingerprint density at radius 1 is 0.957 bits per heavy atom. The number of carbonyl (C=O) groups is 1. The van der Waals surface area contributed by atoms with Gasteiger partial charge in [0, 0.05) is 31.9 Å². The number of rotatable bonds is 1. The smallest absolute Gasteiger partial charge is 0.321 e. The third kappa shape index (κ3) is 2.82. The molecule has 2 aromatic rings. The summed E-state index contributed by atoms with van der Waals surface area (Å²) in [4.78, 5) is 17.0. The topological polar surface area (TPSA) is 35.6 Å². The maximum Gasteiger partial charge on any atom is 0.321 e. The van der Waals surface area contributed by atoms with Crippen LogP contribution in [0.4, 0.5) is 10.5 Å². The molecule has 0 spiro atoms. The van der Waals surface area contributed by atoms with Gasteiger partial charge in [0.2, 0.25) is 0 Å². The Bertz CT molecular complexity index is 701. The third-order valence-corrected chi connectivity index (χ3v) is 4.89. The lowest BCUT2D eigenvalue weighted by Crippen LogP contribution is -2.53. The van der Waals surface area contributed by atoms with Gasteiger partial charge in [0.1, 0.15) is 0 Å². The first-order valence-corrected chi connectivity index (χ1v) is 8.24. The summed E-state index contributed by atoms with van der Waals surface area (Å²) in [6.45, 7) is 3.59. The standard InChI is InChI=1S/C19H21N3O/c23-19(20-16-7-2-1-3-8-16)22-13-12-21-11-10-15-6-4-5-9-17(15)18(21)14-22/h1-9,18H,10-14H2,(H,20,23). The highest BCUT2D eigenvalue weighted by Crippen LogP contribution is 2.32. The van der Waals surface area contributed by atoms with Crippen molar-refractivity contribution in [1.29, 1.82) is 0 Å². The van der Waals surface area contributed by atoms with Crippen LogP contribution in [0, 0.1) is 0 Å². The van der Waals surface area contributed by atoms with Crippen molar-refractivity contribution in [3.8, 4) is 0 Å². The zero-order chi connectivity index (χ0) is 15.6. The molecule has 4 heteroatoms. The zero-order valence-electron chi connectivity index (χ0n) is 13.1. The van der Waals surface area contributed by atoms with Crippen molar-refractivity contribution in [2.45, 2.75) is 12.5 Å². The summed E-state index contributed by atoms with van der Waals surface area (Å²) in [5.41, 5.74) is 3.67. The molecule has 4 rings (SSSR count). The first-order chi connectivity index (χ1) is 11.3. The summed E-state index contributed by atoms with van der Waals surface area (Å²) in [6.07, 6.45) is 1.11. The molecule has 2 aliphatic heterocycles. The average Bonchev–Trinajstić information content (AvgIpc) is 2.62. The predicted octanol–water partition coefficient (Wildman–Crippen LogP) is 3.13. The number of fused-ring (bicyclic) bond motifs is 3. The van der Waals surface area contributed by atoms with E-state index in [1.807, 2.05) is 35.2 Å². The normalized spacial score (nSPS) is 20.5. The van der Waals surface area contributed by atoms with Crippen molar-refractivity contribution < 1.29 is 4.79 Å². The fourth-order valence-electron chi connectivity index (χ4n) is 3.64. The van der Waals surface area contributed by atoms with Crippen LogP contribution >= 0.6 is 0 Å². The van der Waals surface area contributed by atoms with Gasteiger partial charge in [-0.15, -0.1) is 0 Å². The summed E-state index contributed by atoms with van der Waals surface area (Å²) in [6, 6.07) is 18.6. The molecule has 1 saturated heterocycles. The monoisotopic (exact) mass is 307 g/mol. The van der Waals surface area contributed by atoms with Crippen LogP contribution in [-0.4, -0.2) is 42.0 Å². The van der Waals surface area contributed by atoms with Crippen LogP contribution in [-0.2, 0) is 6.42 Å². The lowest BCUT2D eigenvalue weighted by Gasteiger charge is -2.44. The maximum atomic E-state index is 12.6. The van der Waals surface area contributed by atoms with Gasteiger partial charge in [0.05, 0.1) is 6.04 Å². The molecular weight excluding hydrogens is 286 g/mol. The molecule has 2 aromatic carbocycles. The highest BCUT2D eigenvalue weighted by atomic mass is 16.2. The van der Waals surface area contributed by atoms with Crippen molar-refractivity contribution in [1.82, 2.24) is 9.80 Å². The van der Waals surface area contributed by atoms with Crippen molar-refractivity contribution in [3.05, 3.63) is 65.7 Å². The second-order valence-electron chi connectivity index (χ2n) is 6.24.